The normalized spacial score (nSPS) is 12.6. The first-order valence-corrected chi connectivity index (χ1v) is 37.1. The molecule has 3 N–H and O–H groups in total. The van der Waals surface area contributed by atoms with E-state index >= 15 is 0 Å². The van der Waals surface area contributed by atoms with E-state index in [-0.39, 0.29) is 18.5 Å². The molecule has 2 unspecified atom stereocenters. The number of aliphatic hydroxyl groups is 2. The molecule has 0 bridgehead atoms. The van der Waals surface area contributed by atoms with Gasteiger partial charge in [-0.2, -0.15) is 0 Å². The minimum Gasteiger partial charge on any atom is -0.466 e. The number of allylic oxidation sites excluding steroid dienone is 4. The zero-order valence-corrected chi connectivity index (χ0v) is 55.0. The standard InChI is InChI=1S/C75H145NO5/c1-3-5-7-9-11-13-15-16-42-46-49-53-57-61-65-69-75(80)81-70-66-62-58-54-50-47-44-41-39-37-35-33-31-29-27-25-23-21-19-17-18-20-22-24-26-28-30-32-34-36-38-40-43-45-48-52-56-60-64-68-74(79)76-72(71-77)73(78)67-63-59-55-51-14-12-10-8-6-4-2/h11,13,16,42,72-73,77-78H,3-10,12,14-15,17-41,43-71H2,1-2H3,(H,76,79)/b13-11-,42-16-. The van der Waals surface area contributed by atoms with Crippen molar-refractivity contribution in [3.63, 3.8) is 0 Å². The molecule has 0 fully saturated rings. The van der Waals surface area contributed by atoms with Crippen LogP contribution < -0.4 is 5.32 Å². The average Bonchev–Trinajstić information content (AvgIpc) is 3.47. The lowest BCUT2D eigenvalue weighted by atomic mass is 10.0. The van der Waals surface area contributed by atoms with Crippen molar-refractivity contribution >= 4 is 11.9 Å². The first-order valence-electron chi connectivity index (χ1n) is 37.1. The second kappa shape index (κ2) is 70.8. The summed E-state index contributed by atoms with van der Waals surface area (Å²) in [6, 6.07) is -0.534. The summed E-state index contributed by atoms with van der Waals surface area (Å²) in [7, 11) is 0. The molecule has 1 amide bonds. The number of esters is 1. The number of rotatable bonds is 70. The highest BCUT2D eigenvalue weighted by Crippen LogP contribution is 2.20. The van der Waals surface area contributed by atoms with Gasteiger partial charge in [-0.05, 0) is 57.8 Å². The monoisotopic (exact) mass is 1140 g/mol. The summed E-state index contributed by atoms with van der Waals surface area (Å²) in [6.45, 7) is 4.94. The number of carbonyl (C=O) groups is 2. The molecule has 0 aliphatic rings. The minimum atomic E-state index is -0.657. The summed E-state index contributed by atoms with van der Waals surface area (Å²) in [5, 5.41) is 23.2. The Labute approximate surface area is 507 Å². The molecule has 0 aliphatic heterocycles. The van der Waals surface area contributed by atoms with Gasteiger partial charge in [-0.25, -0.2) is 0 Å². The van der Waals surface area contributed by atoms with E-state index in [1.54, 1.807) is 0 Å². The van der Waals surface area contributed by atoms with Crippen LogP contribution in [0.2, 0.25) is 0 Å². The van der Waals surface area contributed by atoms with Crippen molar-refractivity contribution in [3.05, 3.63) is 24.3 Å². The van der Waals surface area contributed by atoms with Gasteiger partial charge < -0.3 is 20.3 Å². The predicted octanol–water partition coefficient (Wildman–Crippen LogP) is 24.1. The Balaban J connectivity index is 3.26. The summed E-state index contributed by atoms with van der Waals surface area (Å²) < 4.78 is 5.49. The summed E-state index contributed by atoms with van der Waals surface area (Å²) >= 11 is 0. The third-order valence-electron chi connectivity index (χ3n) is 17.5. The van der Waals surface area contributed by atoms with Gasteiger partial charge in [-0.15, -0.1) is 0 Å². The molecule has 0 aromatic heterocycles. The molecular formula is C75H145NO5. The zero-order chi connectivity index (χ0) is 58.5. The Kier molecular flexibility index (Phi) is 69.4. The summed E-state index contributed by atoms with van der Waals surface area (Å²) in [6.07, 6.45) is 89.9. The Bertz CT molecular complexity index is 1270. The molecule has 0 saturated heterocycles. The van der Waals surface area contributed by atoms with Crippen LogP contribution in [-0.2, 0) is 14.3 Å². The molecule has 6 heteroatoms. The first-order chi connectivity index (χ1) is 40.0. The molecule has 0 radical (unpaired) electrons. The van der Waals surface area contributed by atoms with Crippen molar-refractivity contribution in [3.8, 4) is 0 Å². The first kappa shape index (κ1) is 79.3. The van der Waals surface area contributed by atoms with E-state index in [9.17, 15) is 19.8 Å². The third kappa shape index (κ3) is 67.3. The second-order valence-electron chi connectivity index (χ2n) is 25.6. The van der Waals surface area contributed by atoms with Crippen LogP contribution in [0.4, 0.5) is 0 Å². The lowest BCUT2D eigenvalue weighted by Gasteiger charge is -2.22. The van der Waals surface area contributed by atoms with E-state index in [4.69, 9.17) is 4.74 Å². The molecule has 0 aromatic rings. The van der Waals surface area contributed by atoms with Crippen LogP contribution in [0.3, 0.4) is 0 Å². The number of unbranched alkanes of at least 4 members (excludes halogenated alkanes) is 55. The average molecular weight is 1140 g/mol. The van der Waals surface area contributed by atoms with Crippen molar-refractivity contribution in [2.24, 2.45) is 0 Å². The molecule has 2 atom stereocenters. The highest BCUT2D eigenvalue weighted by molar-refractivity contribution is 5.76. The molecule has 81 heavy (non-hydrogen) atoms. The smallest absolute Gasteiger partial charge is 0.305 e. The molecular weight excluding hydrogens is 995 g/mol. The maximum Gasteiger partial charge on any atom is 0.305 e. The number of hydrogen-bond donors (Lipinski definition) is 3. The number of ether oxygens (including phenoxy) is 1. The third-order valence-corrected chi connectivity index (χ3v) is 17.5. The lowest BCUT2D eigenvalue weighted by Crippen LogP contribution is -2.45. The fourth-order valence-electron chi connectivity index (χ4n) is 11.9. The van der Waals surface area contributed by atoms with Gasteiger partial charge in [0.05, 0.1) is 25.4 Å². The molecule has 480 valence electrons. The predicted molar refractivity (Wildman–Crippen MR) is 356 cm³/mol. The fraction of sp³-hybridized carbons (Fsp3) is 0.920. The van der Waals surface area contributed by atoms with Gasteiger partial charge in [0.15, 0.2) is 0 Å². The summed E-state index contributed by atoms with van der Waals surface area (Å²) in [5.74, 6) is -0.0179. The van der Waals surface area contributed by atoms with Crippen LogP contribution in [-0.4, -0.2) is 47.4 Å². The molecule has 0 aliphatic carbocycles. The zero-order valence-electron chi connectivity index (χ0n) is 55.0. The molecule has 0 saturated carbocycles. The van der Waals surface area contributed by atoms with Crippen LogP contribution >= 0.6 is 0 Å². The van der Waals surface area contributed by atoms with Crippen LogP contribution in [0.5, 0.6) is 0 Å². The van der Waals surface area contributed by atoms with E-state index in [2.05, 4.69) is 43.5 Å². The topological polar surface area (TPSA) is 95.9 Å². The molecule has 0 heterocycles. The van der Waals surface area contributed by atoms with Gasteiger partial charge in [-0.1, -0.05) is 372 Å². The molecule has 6 nitrogen and oxygen atoms in total. The molecule has 0 spiro atoms. The minimum absolute atomic E-state index is 0.0105. The van der Waals surface area contributed by atoms with E-state index in [1.807, 2.05) is 0 Å². The Morgan fingerprint density at radius 2 is 0.617 bits per heavy atom. The Hall–Kier alpha value is -1.66. The highest BCUT2D eigenvalue weighted by Gasteiger charge is 2.20. The second-order valence-corrected chi connectivity index (χ2v) is 25.6. The highest BCUT2D eigenvalue weighted by atomic mass is 16.5. The molecule has 0 rings (SSSR count). The SMILES string of the molecule is CCCCC/C=C\C/C=C\CCCCCCCC(=O)OCCCCCCCCCCCCCCCCCCCCCCCCCCCCCCCCCCCCCCCCCC(=O)NC(CO)C(O)CCCCCCCCCCCC. The van der Waals surface area contributed by atoms with Gasteiger partial charge in [0.1, 0.15) is 0 Å². The summed E-state index contributed by atoms with van der Waals surface area (Å²) in [5.41, 5.74) is 0. The maximum atomic E-state index is 12.5. The van der Waals surface area contributed by atoms with Crippen molar-refractivity contribution in [1.29, 1.82) is 0 Å². The number of aliphatic hydroxyl groups excluding tert-OH is 2. The van der Waals surface area contributed by atoms with Gasteiger partial charge in [0.25, 0.3) is 0 Å². The number of amides is 1. The maximum absolute atomic E-state index is 12.5. The van der Waals surface area contributed by atoms with E-state index < -0.39 is 12.1 Å². The van der Waals surface area contributed by atoms with Crippen LogP contribution in [0, 0.1) is 0 Å². The van der Waals surface area contributed by atoms with Crippen molar-refractivity contribution in [2.45, 2.75) is 431 Å². The largest absolute Gasteiger partial charge is 0.466 e. The van der Waals surface area contributed by atoms with Crippen molar-refractivity contribution < 1.29 is 24.5 Å². The van der Waals surface area contributed by atoms with Crippen molar-refractivity contribution in [1.82, 2.24) is 5.32 Å². The van der Waals surface area contributed by atoms with Crippen LogP contribution in [0.25, 0.3) is 0 Å². The quantitative estimate of drug-likeness (QED) is 0.0320. The van der Waals surface area contributed by atoms with Crippen LogP contribution in [0.15, 0.2) is 24.3 Å². The number of nitrogens with one attached hydrogen (secondary N) is 1. The van der Waals surface area contributed by atoms with Crippen LogP contribution in [0.1, 0.15) is 418 Å². The lowest BCUT2D eigenvalue weighted by molar-refractivity contribution is -0.143. The molecule has 0 aromatic carbocycles. The van der Waals surface area contributed by atoms with E-state index in [0.717, 1.165) is 51.4 Å². The van der Waals surface area contributed by atoms with E-state index in [1.165, 1.54) is 334 Å². The number of carbonyl (C=O) groups excluding carboxylic acids is 2. The number of hydrogen-bond acceptors (Lipinski definition) is 5. The van der Waals surface area contributed by atoms with Gasteiger partial charge in [0.2, 0.25) is 5.91 Å². The van der Waals surface area contributed by atoms with Gasteiger partial charge in [-0.3, -0.25) is 9.59 Å². The Morgan fingerprint density at radius 1 is 0.346 bits per heavy atom. The van der Waals surface area contributed by atoms with E-state index in [0.29, 0.717) is 25.9 Å². The fourth-order valence-corrected chi connectivity index (χ4v) is 11.9. The van der Waals surface area contributed by atoms with Gasteiger partial charge in [0, 0.05) is 12.8 Å². The summed E-state index contributed by atoms with van der Waals surface area (Å²) in [4.78, 5) is 24.5. The Morgan fingerprint density at radius 3 is 0.963 bits per heavy atom. The van der Waals surface area contributed by atoms with Crippen molar-refractivity contribution in [2.75, 3.05) is 13.2 Å². The van der Waals surface area contributed by atoms with Gasteiger partial charge >= 0.3 is 5.97 Å².